The molecule has 1 unspecified atom stereocenters. The van der Waals surface area contributed by atoms with Crippen LogP contribution in [0.2, 0.25) is 0 Å². The molecule has 5 nitrogen and oxygen atoms in total. The normalized spacial score (nSPS) is 19.8. The summed E-state index contributed by atoms with van der Waals surface area (Å²) in [5.74, 6) is 0.792. The van der Waals surface area contributed by atoms with E-state index >= 15 is 0 Å². The second kappa shape index (κ2) is 6.33. The van der Waals surface area contributed by atoms with Crippen molar-refractivity contribution in [1.29, 1.82) is 0 Å². The largest absolute Gasteiger partial charge is 0.315 e. The molecule has 3 heterocycles. The smallest absolute Gasteiger partial charge is 0.233 e. The van der Waals surface area contributed by atoms with Gasteiger partial charge in [0.1, 0.15) is 0 Å². The Kier molecular flexibility index (Phi) is 4.28. The summed E-state index contributed by atoms with van der Waals surface area (Å²) < 4.78 is 2.00. The molecule has 0 bridgehead atoms. The Labute approximate surface area is 120 Å². The van der Waals surface area contributed by atoms with E-state index in [1.807, 2.05) is 16.7 Å². The van der Waals surface area contributed by atoms with Crippen LogP contribution in [0, 0.1) is 0 Å². The van der Waals surface area contributed by atoms with E-state index in [0.29, 0.717) is 6.04 Å². The predicted octanol–water partition coefficient (Wildman–Crippen LogP) is 1.69. The molecule has 1 aliphatic heterocycles. The summed E-state index contributed by atoms with van der Waals surface area (Å²) in [5.41, 5.74) is 1.11. The fourth-order valence-corrected chi connectivity index (χ4v) is 2.99. The Morgan fingerprint density at radius 3 is 3.20 bits per heavy atom. The van der Waals surface area contributed by atoms with E-state index in [1.165, 1.54) is 19.3 Å². The van der Waals surface area contributed by atoms with E-state index in [0.717, 1.165) is 37.7 Å². The molecule has 0 amide bonds. The van der Waals surface area contributed by atoms with Crippen LogP contribution in [-0.2, 0) is 6.54 Å². The third-order valence-corrected chi connectivity index (χ3v) is 3.95. The summed E-state index contributed by atoms with van der Waals surface area (Å²) in [6.07, 6.45) is 9.64. The minimum atomic E-state index is 0.640. The molecule has 2 aromatic rings. The quantitative estimate of drug-likeness (QED) is 0.900. The van der Waals surface area contributed by atoms with Crippen LogP contribution in [0.3, 0.4) is 0 Å². The summed E-state index contributed by atoms with van der Waals surface area (Å²) in [4.78, 5) is 11.5. The van der Waals surface area contributed by atoms with Crippen molar-refractivity contribution < 1.29 is 0 Å². The van der Waals surface area contributed by atoms with Crippen molar-refractivity contribution in [3.8, 4) is 0 Å². The van der Waals surface area contributed by atoms with Crippen LogP contribution in [0.4, 0.5) is 0 Å². The van der Waals surface area contributed by atoms with Crippen LogP contribution in [0.15, 0.2) is 24.7 Å². The average molecular weight is 273 g/mol. The third kappa shape index (κ3) is 2.99. The second-order valence-corrected chi connectivity index (χ2v) is 5.53. The van der Waals surface area contributed by atoms with Crippen molar-refractivity contribution in [3.05, 3.63) is 30.4 Å². The highest BCUT2D eigenvalue weighted by Crippen LogP contribution is 2.14. The monoisotopic (exact) mass is 273 g/mol. The van der Waals surface area contributed by atoms with Crippen LogP contribution in [0.1, 0.15) is 31.9 Å². The number of nitrogens with zero attached hydrogens (tertiary/aromatic N) is 4. The lowest BCUT2D eigenvalue weighted by atomic mass is 10.1. The summed E-state index contributed by atoms with van der Waals surface area (Å²) in [6.45, 7) is 6.56. The molecule has 108 valence electrons. The minimum Gasteiger partial charge on any atom is -0.315 e. The van der Waals surface area contributed by atoms with Gasteiger partial charge in [-0.2, -0.15) is 0 Å². The standard InChI is InChI=1S/C15H23N5/c1-2-8-19(14-5-3-6-16-10-14)11-13-12-20-9-4-7-17-15(20)18-13/h4,7,9,12,14,16H,2-3,5-6,8,10-11H2,1H3. The zero-order chi connectivity index (χ0) is 13.8. The molecule has 0 spiro atoms. The summed E-state index contributed by atoms with van der Waals surface area (Å²) in [7, 11) is 0. The lowest BCUT2D eigenvalue weighted by molar-refractivity contribution is 0.156. The highest BCUT2D eigenvalue weighted by atomic mass is 15.2. The van der Waals surface area contributed by atoms with Crippen molar-refractivity contribution in [3.63, 3.8) is 0 Å². The van der Waals surface area contributed by atoms with Crippen LogP contribution >= 0.6 is 0 Å². The van der Waals surface area contributed by atoms with E-state index in [2.05, 4.69) is 33.3 Å². The Hall–Kier alpha value is -1.46. The Bertz CT molecular complexity index is 511. The van der Waals surface area contributed by atoms with E-state index in [4.69, 9.17) is 0 Å². The van der Waals surface area contributed by atoms with Gasteiger partial charge in [-0.3, -0.25) is 9.30 Å². The summed E-state index contributed by atoms with van der Waals surface area (Å²) in [6, 6.07) is 2.58. The van der Waals surface area contributed by atoms with Crippen LogP contribution in [0.5, 0.6) is 0 Å². The lowest BCUT2D eigenvalue weighted by Gasteiger charge is -2.34. The van der Waals surface area contributed by atoms with Gasteiger partial charge in [0, 0.05) is 37.7 Å². The molecule has 1 aliphatic rings. The Balaban J connectivity index is 1.74. The molecule has 0 radical (unpaired) electrons. The Morgan fingerprint density at radius 2 is 2.45 bits per heavy atom. The van der Waals surface area contributed by atoms with Gasteiger partial charge in [-0.25, -0.2) is 9.97 Å². The molecular weight excluding hydrogens is 250 g/mol. The molecule has 5 heteroatoms. The van der Waals surface area contributed by atoms with Gasteiger partial charge in [-0.1, -0.05) is 6.92 Å². The molecule has 0 aliphatic carbocycles. The van der Waals surface area contributed by atoms with Crippen LogP contribution < -0.4 is 5.32 Å². The first kappa shape index (κ1) is 13.5. The van der Waals surface area contributed by atoms with Gasteiger partial charge in [0.15, 0.2) is 0 Å². The second-order valence-electron chi connectivity index (χ2n) is 5.53. The number of hydrogen-bond acceptors (Lipinski definition) is 4. The van der Waals surface area contributed by atoms with Gasteiger partial charge in [-0.15, -0.1) is 0 Å². The number of rotatable bonds is 5. The third-order valence-electron chi connectivity index (χ3n) is 3.95. The maximum atomic E-state index is 4.62. The fourth-order valence-electron chi connectivity index (χ4n) is 2.99. The van der Waals surface area contributed by atoms with Gasteiger partial charge in [-0.05, 0) is 38.4 Å². The summed E-state index contributed by atoms with van der Waals surface area (Å²) >= 11 is 0. The number of nitrogens with one attached hydrogen (secondary N) is 1. The zero-order valence-electron chi connectivity index (χ0n) is 12.1. The predicted molar refractivity (Wildman–Crippen MR) is 79.6 cm³/mol. The average Bonchev–Trinajstić information content (AvgIpc) is 2.90. The Morgan fingerprint density at radius 1 is 1.50 bits per heavy atom. The van der Waals surface area contributed by atoms with Gasteiger partial charge in [0.05, 0.1) is 5.69 Å². The molecule has 1 N–H and O–H groups in total. The fraction of sp³-hybridized carbons (Fsp3) is 0.600. The maximum Gasteiger partial charge on any atom is 0.233 e. The van der Waals surface area contributed by atoms with Gasteiger partial charge >= 0.3 is 0 Å². The van der Waals surface area contributed by atoms with Crippen molar-refractivity contribution in [2.24, 2.45) is 0 Å². The van der Waals surface area contributed by atoms with Gasteiger partial charge < -0.3 is 5.32 Å². The van der Waals surface area contributed by atoms with Crippen molar-refractivity contribution >= 4 is 5.78 Å². The molecule has 2 aromatic heterocycles. The first-order chi connectivity index (χ1) is 9.86. The van der Waals surface area contributed by atoms with Crippen molar-refractivity contribution in [1.82, 2.24) is 24.6 Å². The lowest BCUT2D eigenvalue weighted by Crippen LogP contribution is -2.45. The number of hydrogen-bond donors (Lipinski definition) is 1. The van der Waals surface area contributed by atoms with E-state index in [9.17, 15) is 0 Å². The zero-order valence-corrected chi connectivity index (χ0v) is 12.1. The maximum absolute atomic E-state index is 4.62. The summed E-state index contributed by atoms with van der Waals surface area (Å²) in [5, 5.41) is 3.51. The van der Waals surface area contributed by atoms with Gasteiger partial charge in [0.2, 0.25) is 5.78 Å². The number of fused-ring (bicyclic) bond motifs is 1. The molecule has 0 aromatic carbocycles. The van der Waals surface area contributed by atoms with Crippen LogP contribution in [-0.4, -0.2) is 44.9 Å². The highest BCUT2D eigenvalue weighted by Gasteiger charge is 2.21. The van der Waals surface area contributed by atoms with Gasteiger partial charge in [0.25, 0.3) is 0 Å². The number of aromatic nitrogens is 3. The number of imidazole rings is 1. The van der Waals surface area contributed by atoms with Crippen molar-refractivity contribution in [2.75, 3.05) is 19.6 Å². The number of piperidine rings is 1. The minimum absolute atomic E-state index is 0.640. The molecular formula is C15H23N5. The SMILES string of the molecule is CCCN(Cc1cn2cccnc2n1)C1CCCNC1. The molecule has 1 atom stereocenters. The van der Waals surface area contributed by atoms with E-state index in [1.54, 1.807) is 6.20 Å². The van der Waals surface area contributed by atoms with E-state index in [-0.39, 0.29) is 0 Å². The highest BCUT2D eigenvalue weighted by molar-refractivity contribution is 5.29. The molecule has 1 saturated heterocycles. The molecule has 3 rings (SSSR count). The molecule has 1 fully saturated rings. The molecule has 0 saturated carbocycles. The van der Waals surface area contributed by atoms with E-state index < -0.39 is 0 Å². The molecule has 20 heavy (non-hydrogen) atoms. The first-order valence-electron chi connectivity index (χ1n) is 7.60. The van der Waals surface area contributed by atoms with Crippen LogP contribution in [0.25, 0.3) is 5.78 Å². The first-order valence-corrected chi connectivity index (χ1v) is 7.60. The topological polar surface area (TPSA) is 45.5 Å². The van der Waals surface area contributed by atoms with Crippen molar-refractivity contribution in [2.45, 2.75) is 38.8 Å².